The zero-order chi connectivity index (χ0) is 16.8. The van der Waals surface area contributed by atoms with Crippen molar-refractivity contribution in [2.45, 2.75) is 19.9 Å². The first-order chi connectivity index (χ1) is 10.9. The Morgan fingerprint density at radius 3 is 2.83 bits per heavy atom. The van der Waals surface area contributed by atoms with Crippen LogP contribution in [0.4, 0.5) is 4.39 Å². The number of ether oxygens (including phenoxy) is 1. The van der Waals surface area contributed by atoms with Gasteiger partial charge in [-0.1, -0.05) is 12.1 Å². The molecule has 0 saturated heterocycles. The van der Waals surface area contributed by atoms with Crippen molar-refractivity contribution in [2.75, 3.05) is 13.7 Å². The number of aromatic nitrogens is 1. The lowest BCUT2D eigenvalue weighted by molar-refractivity contribution is -0.151. The Bertz CT molecular complexity index is 702. The Morgan fingerprint density at radius 1 is 1.39 bits per heavy atom. The number of hydrogen-bond acceptors (Lipinski definition) is 5. The van der Waals surface area contributed by atoms with Gasteiger partial charge in [0.05, 0.1) is 17.1 Å². The third-order valence-electron chi connectivity index (χ3n) is 3.08. The van der Waals surface area contributed by atoms with Crippen LogP contribution in [-0.4, -0.2) is 35.4 Å². The fourth-order valence-electron chi connectivity index (χ4n) is 1.94. The van der Waals surface area contributed by atoms with Gasteiger partial charge in [0, 0.05) is 19.0 Å². The molecule has 0 radical (unpaired) electrons. The lowest BCUT2D eigenvalue weighted by Gasteiger charge is -2.17. The lowest BCUT2D eigenvalue weighted by atomic mass is 10.2. The Balaban J connectivity index is 1.78. The summed E-state index contributed by atoms with van der Waals surface area (Å²) in [7, 11) is 1.57. The van der Waals surface area contributed by atoms with Gasteiger partial charge in [-0.2, -0.15) is 0 Å². The minimum absolute atomic E-state index is 0.0469. The van der Waals surface area contributed by atoms with Crippen molar-refractivity contribution < 1.29 is 18.7 Å². The molecule has 1 aromatic heterocycles. The zero-order valence-electron chi connectivity index (χ0n) is 12.9. The van der Waals surface area contributed by atoms with Crippen molar-refractivity contribution in [3.8, 4) is 0 Å². The van der Waals surface area contributed by atoms with Crippen LogP contribution in [0.3, 0.4) is 0 Å². The van der Waals surface area contributed by atoms with E-state index in [1.807, 2.05) is 6.92 Å². The Kier molecular flexibility index (Phi) is 5.81. The zero-order valence-corrected chi connectivity index (χ0v) is 13.7. The normalized spacial score (nSPS) is 10.4. The molecule has 1 heterocycles. The highest BCUT2D eigenvalue weighted by Gasteiger charge is 2.14. The van der Waals surface area contributed by atoms with Crippen LogP contribution in [-0.2, 0) is 27.3 Å². The molecule has 7 heteroatoms. The van der Waals surface area contributed by atoms with Crippen LogP contribution in [0, 0.1) is 12.7 Å². The summed E-state index contributed by atoms with van der Waals surface area (Å²) in [5, 5.41) is 2.66. The Morgan fingerprint density at radius 2 is 2.17 bits per heavy atom. The summed E-state index contributed by atoms with van der Waals surface area (Å²) in [4.78, 5) is 29.2. The molecule has 0 saturated carbocycles. The monoisotopic (exact) mass is 336 g/mol. The standard InChI is InChI=1S/C16H17FN2O3S/c1-11-18-14(10-23-11)7-16(21)22-9-15(20)19(2)8-12-4-3-5-13(17)6-12/h3-6,10H,7-9H2,1-2H3. The molecule has 5 nitrogen and oxygen atoms in total. The van der Waals surface area contributed by atoms with E-state index in [9.17, 15) is 14.0 Å². The molecule has 2 aromatic rings. The van der Waals surface area contributed by atoms with Gasteiger partial charge in [-0.15, -0.1) is 11.3 Å². The summed E-state index contributed by atoms with van der Waals surface area (Å²) < 4.78 is 18.1. The van der Waals surface area contributed by atoms with E-state index in [4.69, 9.17) is 4.74 Å². The number of halogens is 1. The van der Waals surface area contributed by atoms with E-state index < -0.39 is 5.97 Å². The number of esters is 1. The molecule has 122 valence electrons. The highest BCUT2D eigenvalue weighted by molar-refractivity contribution is 7.09. The largest absolute Gasteiger partial charge is 0.455 e. The van der Waals surface area contributed by atoms with Crippen molar-refractivity contribution >= 4 is 23.2 Å². The van der Waals surface area contributed by atoms with E-state index >= 15 is 0 Å². The van der Waals surface area contributed by atoms with Gasteiger partial charge >= 0.3 is 5.97 Å². The first-order valence-electron chi connectivity index (χ1n) is 6.99. The van der Waals surface area contributed by atoms with E-state index in [2.05, 4.69) is 4.98 Å². The highest BCUT2D eigenvalue weighted by atomic mass is 32.1. The molecule has 0 atom stereocenters. The van der Waals surface area contributed by atoms with Crippen molar-refractivity contribution in [1.82, 2.24) is 9.88 Å². The number of thiazole rings is 1. The van der Waals surface area contributed by atoms with Gasteiger partial charge < -0.3 is 9.64 Å². The number of hydrogen-bond donors (Lipinski definition) is 0. The summed E-state index contributed by atoms with van der Waals surface area (Å²) in [6, 6.07) is 6.01. The maximum atomic E-state index is 13.1. The minimum Gasteiger partial charge on any atom is -0.455 e. The van der Waals surface area contributed by atoms with E-state index in [0.717, 1.165) is 5.01 Å². The maximum Gasteiger partial charge on any atom is 0.312 e. The van der Waals surface area contributed by atoms with Crippen LogP contribution in [0.15, 0.2) is 29.6 Å². The van der Waals surface area contributed by atoms with Crippen molar-refractivity contribution in [3.05, 3.63) is 51.7 Å². The predicted molar refractivity (Wildman–Crippen MR) is 84.4 cm³/mol. The fourth-order valence-corrected chi connectivity index (χ4v) is 2.55. The number of likely N-dealkylation sites (N-methyl/N-ethyl adjacent to an activating group) is 1. The van der Waals surface area contributed by atoms with Gasteiger partial charge in [-0.25, -0.2) is 9.37 Å². The van der Waals surface area contributed by atoms with Gasteiger partial charge in [0.2, 0.25) is 0 Å². The predicted octanol–water partition coefficient (Wildman–Crippen LogP) is 2.33. The molecule has 1 amide bonds. The van der Waals surface area contributed by atoms with E-state index in [0.29, 0.717) is 11.3 Å². The molecule has 1 aromatic carbocycles. The van der Waals surface area contributed by atoms with Crippen LogP contribution in [0.1, 0.15) is 16.3 Å². The third-order valence-corrected chi connectivity index (χ3v) is 3.91. The number of carbonyl (C=O) groups excluding carboxylic acids is 2. The Labute approximate surface area is 137 Å². The fraction of sp³-hybridized carbons (Fsp3) is 0.312. The summed E-state index contributed by atoms with van der Waals surface area (Å²) in [5.74, 6) is -1.20. The average molecular weight is 336 g/mol. The topological polar surface area (TPSA) is 59.5 Å². The first-order valence-corrected chi connectivity index (χ1v) is 7.87. The Hall–Kier alpha value is -2.28. The van der Waals surface area contributed by atoms with Gasteiger partial charge in [0.1, 0.15) is 5.82 Å². The molecular weight excluding hydrogens is 319 g/mol. The molecule has 0 fully saturated rings. The molecule has 0 N–H and O–H groups in total. The van der Waals surface area contributed by atoms with Crippen molar-refractivity contribution in [1.29, 1.82) is 0 Å². The molecule has 0 aliphatic carbocycles. The quantitative estimate of drug-likeness (QED) is 0.760. The van der Waals surface area contributed by atoms with Gasteiger partial charge in [-0.3, -0.25) is 9.59 Å². The van der Waals surface area contributed by atoms with Gasteiger partial charge in [-0.05, 0) is 24.6 Å². The molecule has 0 aliphatic heterocycles. The number of nitrogens with zero attached hydrogens (tertiary/aromatic N) is 2. The highest BCUT2D eigenvalue weighted by Crippen LogP contribution is 2.09. The van der Waals surface area contributed by atoms with Crippen LogP contribution in [0.25, 0.3) is 0 Å². The molecule has 2 rings (SSSR count). The third kappa shape index (κ3) is 5.45. The second-order valence-electron chi connectivity index (χ2n) is 5.08. The van der Waals surface area contributed by atoms with Crippen LogP contribution < -0.4 is 0 Å². The number of amides is 1. The number of carbonyl (C=O) groups is 2. The second-order valence-corrected chi connectivity index (χ2v) is 6.14. The summed E-state index contributed by atoms with van der Waals surface area (Å²) in [5.41, 5.74) is 1.31. The molecule has 23 heavy (non-hydrogen) atoms. The molecule has 0 unspecified atom stereocenters. The smallest absolute Gasteiger partial charge is 0.312 e. The number of aryl methyl sites for hydroxylation is 1. The van der Waals surface area contributed by atoms with Crippen molar-refractivity contribution in [3.63, 3.8) is 0 Å². The minimum atomic E-state index is -0.497. The average Bonchev–Trinajstić information content (AvgIpc) is 2.89. The summed E-state index contributed by atoms with van der Waals surface area (Å²) in [6.45, 7) is 1.76. The molecule has 0 spiro atoms. The van der Waals surface area contributed by atoms with Crippen LogP contribution in [0.5, 0.6) is 0 Å². The number of benzene rings is 1. The number of rotatable bonds is 6. The van der Waals surface area contributed by atoms with Gasteiger partial charge in [0.15, 0.2) is 6.61 Å². The second kappa shape index (κ2) is 7.82. The van der Waals surface area contributed by atoms with E-state index in [1.54, 1.807) is 24.6 Å². The van der Waals surface area contributed by atoms with E-state index in [-0.39, 0.29) is 31.3 Å². The maximum absolute atomic E-state index is 13.1. The van der Waals surface area contributed by atoms with Crippen LogP contribution >= 0.6 is 11.3 Å². The van der Waals surface area contributed by atoms with Crippen LogP contribution in [0.2, 0.25) is 0 Å². The summed E-state index contributed by atoms with van der Waals surface area (Å²) >= 11 is 1.45. The van der Waals surface area contributed by atoms with Gasteiger partial charge in [0.25, 0.3) is 5.91 Å². The SMILES string of the molecule is Cc1nc(CC(=O)OCC(=O)N(C)Cc2cccc(F)c2)cs1. The molecular formula is C16H17FN2O3S. The van der Waals surface area contributed by atoms with E-state index in [1.165, 1.54) is 28.4 Å². The molecule has 0 aliphatic rings. The lowest BCUT2D eigenvalue weighted by Crippen LogP contribution is -2.31. The first kappa shape index (κ1) is 17.1. The summed E-state index contributed by atoms with van der Waals surface area (Å²) in [6.07, 6.45) is 0.0469. The molecule has 0 bridgehead atoms. The van der Waals surface area contributed by atoms with Crippen molar-refractivity contribution in [2.24, 2.45) is 0 Å².